The number of hydrogen-bond donors (Lipinski definition) is 0. The van der Waals surface area contributed by atoms with Gasteiger partial charge in [0.05, 0.1) is 30.8 Å². The topological polar surface area (TPSA) is 58.5 Å². The second-order valence-corrected chi connectivity index (χ2v) is 16.1. The van der Waals surface area contributed by atoms with Gasteiger partial charge in [-0.15, -0.1) is 6.01 Å². The lowest BCUT2D eigenvalue weighted by molar-refractivity contribution is 0.548. The van der Waals surface area contributed by atoms with Gasteiger partial charge in [-0.25, -0.2) is 0 Å². The molecule has 4 heteroatoms. The maximum absolute atomic E-state index is 7.43. The Morgan fingerprint density at radius 2 is 0.684 bits per heavy atom. The molecule has 0 heterocycles. The Morgan fingerprint density at radius 3 is 0.895 bits per heavy atom. The molecule has 224 valence electrons. The van der Waals surface area contributed by atoms with Crippen molar-refractivity contribution < 1.29 is 0 Å². The van der Waals surface area contributed by atoms with Crippen LogP contribution in [0.1, 0.15) is 182 Å². The molecule has 38 heavy (non-hydrogen) atoms. The standard InChI is InChI=1S/C32H68P.C2N3/c1-5-9-13-17-18-19-20-21-22-23-24-28-32-33(29-25-14-10-6-2,30-26-15-11-7-3)31-27-16-12-8-4;3-1-5-2-4/h5-32H2,1-4H3;/q+1;-1. The Balaban J connectivity index is 0. The highest BCUT2D eigenvalue weighted by molar-refractivity contribution is 7.75. The first-order valence-electron chi connectivity index (χ1n) is 17.0. The van der Waals surface area contributed by atoms with Gasteiger partial charge in [0.1, 0.15) is 0 Å². The smallest absolute Gasteiger partial charge is 0.0925 e. The maximum Gasteiger partial charge on any atom is 0.0925 e. The van der Waals surface area contributed by atoms with Gasteiger partial charge in [-0.2, -0.15) is 5.26 Å². The average Bonchev–Trinajstić information content (AvgIpc) is 2.93. The van der Waals surface area contributed by atoms with Gasteiger partial charge in [0, 0.05) is 7.26 Å². The minimum absolute atomic E-state index is 0.697. The van der Waals surface area contributed by atoms with Crippen LogP contribution < -0.4 is 0 Å². The number of nitrogens with zero attached hydrogens (tertiary/aromatic N) is 3. The fourth-order valence-electron chi connectivity index (χ4n) is 5.60. The molecule has 0 rings (SSSR count). The van der Waals surface area contributed by atoms with Crippen LogP contribution in [0, 0.1) is 11.5 Å². The lowest BCUT2D eigenvalue weighted by Gasteiger charge is -2.28. The predicted octanol–water partition coefficient (Wildman–Crippen LogP) is 12.7. The molecule has 0 aromatic heterocycles. The average molecular weight is 550 g/mol. The Labute approximate surface area is 241 Å². The zero-order chi connectivity index (χ0) is 28.4. The van der Waals surface area contributed by atoms with Crippen LogP contribution in [0.15, 0.2) is 4.99 Å². The summed E-state index contributed by atoms with van der Waals surface area (Å²) in [4.78, 5) is 2.58. The Hall–Kier alpha value is -0.700. The second-order valence-electron chi connectivity index (χ2n) is 11.6. The lowest BCUT2D eigenvalue weighted by atomic mass is 10.1. The van der Waals surface area contributed by atoms with E-state index < -0.39 is 7.26 Å². The van der Waals surface area contributed by atoms with Gasteiger partial charge in [-0.05, 0) is 51.4 Å². The highest BCUT2D eigenvalue weighted by atomic mass is 31.2. The summed E-state index contributed by atoms with van der Waals surface area (Å²) in [5.74, 6) is 0. The summed E-state index contributed by atoms with van der Waals surface area (Å²) in [5, 5.41) is 14.9. The molecule has 0 fully saturated rings. The quantitative estimate of drug-likeness (QED) is 0.0414. The SMILES string of the molecule is CCCCCCCCCCCCCC[P+](CCCCCC)(CCCCCC)CCCCCC.N#CN=C=[N-]. The summed E-state index contributed by atoms with van der Waals surface area (Å²) >= 11 is 0. The van der Waals surface area contributed by atoms with E-state index in [4.69, 9.17) is 10.7 Å². The Kier molecular flexibility index (Phi) is 35.6. The van der Waals surface area contributed by atoms with Crippen molar-refractivity contribution in [2.75, 3.05) is 24.6 Å². The molecule has 0 N–H and O–H groups in total. The van der Waals surface area contributed by atoms with Crippen molar-refractivity contribution in [2.45, 2.75) is 182 Å². The summed E-state index contributed by atoms with van der Waals surface area (Å²) in [5.41, 5.74) is 0. The summed E-state index contributed by atoms with van der Waals surface area (Å²) in [7, 11) is -0.697. The van der Waals surface area contributed by atoms with Crippen molar-refractivity contribution >= 4 is 13.3 Å². The van der Waals surface area contributed by atoms with E-state index >= 15 is 0 Å². The lowest BCUT2D eigenvalue weighted by Crippen LogP contribution is -2.13. The van der Waals surface area contributed by atoms with Gasteiger partial charge < -0.3 is 10.4 Å². The van der Waals surface area contributed by atoms with Crippen LogP contribution >= 0.6 is 7.26 Å². The molecule has 0 amide bonds. The minimum Gasteiger partial charge on any atom is -0.422 e. The second kappa shape index (κ2) is 34.3. The van der Waals surface area contributed by atoms with E-state index in [9.17, 15) is 0 Å². The van der Waals surface area contributed by atoms with Gasteiger partial charge in [-0.3, -0.25) is 0 Å². The summed E-state index contributed by atoms with van der Waals surface area (Å²) in [6.07, 6.45) is 43.4. The normalized spacial score (nSPS) is 10.9. The molecule has 0 aromatic rings. The molecule has 0 bridgehead atoms. The minimum atomic E-state index is -0.697. The van der Waals surface area contributed by atoms with Crippen molar-refractivity contribution in [1.29, 1.82) is 5.26 Å². The summed E-state index contributed by atoms with van der Waals surface area (Å²) < 4.78 is 0. The van der Waals surface area contributed by atoms with E-state index in [1.165, 1.54) is 141 Å². The number of rotatable bonds is 28. The largest absolute Gasteiger partial charge is 0.422 e. The molecule has 0 radical (unpaired) electrons. The highest BCUT2D eigenvalue weighted by Crippen LogP contribution is 2.61. The summed E-state index contributed by atoms with van der Waals surface area (Å²) in [6.45, 7) is 9.41. The maximum atomic E-state index is 7.43. The monoisotopic (exact) mass is 550 g/mol. The molecule has 0 aliphatic carbocycles. The molecule has 0 spiro atoms. The van der Waals surface area contributed by atoms with Crippen LogP contribution in [0.2, 0.25) is 0 Å². The van der Waals surface area contributed by atoms with Crippen molar-refractivity contribution in [3.8, 4) is 6.19 Å². The van der Waals surface area contributed by atoms with E-state index in [-0.39, 0.29) is 0 Å². The van der Waals surface area contributed by atoms with Crippen LogP contribution in [0.5, 0.6) is 0 Å². The fourth-order valence-corrected chi connectivity index (χ4v) is 10.5. The van der Waals surface area contributed by atoms with Gasteiger partial charge in [-0.1, -0.05) is 130 Å². The molecular weight excluding hydrogens is 481 g/mol. The summed E-state index contributed by atoms with van der Waals surface area (Å²) in [6, 6.07) is 1.28. The molecular formula is C34H68N3P. The van der Waals surface area contributed by atoms with E-state index in [1.54, 1.807) is 50.3 Å². The van der Waals surface area contributed by atoms with E-state index in [0.717, 1.165) is 0 Å². The van der Waals surface area contributed by atoms with Crippen molar-refractivity contribution in [1.82, 2.24) is 0 Å². The molecule has 0 atom stereocenters. The van der Waals surface area contributed by atoms with Gasteiger partial charge >= 0.3 is 0 Å². The molecule has 0 aliphatic rings. The third-order valence-electron chi connectivity index (χ3n) is 8.04. The molecule has 0 aliphatic heterocycles. The zero-order valence-corrected chi connectivity index (χ0v) is 27.5. The third kappa shape index (κ3) is 29.9. The van der Waals surface area contributed by atoms with Crippen LogP contribution in [0.25, 0.3) is 5.41 Å². The van der Waals surface area contributed by atoms with Gasteiger partial charge in [0.2, 0.25) is 0 Å². The first-order chi connectivity index (χ1) is 18.7. The van der Waals surface area contributed by atoms with Crippen molar-refractivity contribution in [3.63, 3.8) is 0 Å². The van der Waals surface area contributed by atoms with E-state index in [0.29, 0.717) is 0 Å². The number of aliphatic imine (C=N–C) groups is 1. The molecule has 0 saturated carbocycles. The molecule has 0 saturated heterocycles. The third-order valence-corrected chi connectivity index (χ3v) is 13.1. The number of unbranched alkanes of at least 4 members (excludes halogenated alkanes) is 20. The van der Waals surface area contributed by atoms with Crippen molar-refractivity contribution in [3.05, 3.63) is 5.41 Å². The van der Waals surface area contributed by atoms with Crippen LogP contribution in [0.3, 0.4) is 0 Å². The number of nitriles is 1. The Morgan fingerprint density at radius 1 is 0.447 bits per heavy atom. The Bertz CT molecular complexity index is 505. The van der Waals surface area contributed by atoms with Crippen molar-refractivity contribution in [2.24, 2.45) is 4.99 Å². The molecule has 3 nitrogen and oxygen atoms in total. The van der Waals surface area contributed by atoms with E-state index in [2.05, 4.69) is 32.7 Å². The first kappa shape index (κ1) is 39.4. The fraction of sp³-hybridized carbons (Fsp3) is 0.941. The van der Waals surface area contributed by atoms with Crippen LogP contribution in [-0.2, 0) is 0 Å². The number of hydrogen-bond acceptors (Lipinski definition) is 2. The molecule has 0 aromatic carbocycles. The van der Waals surface area contributed by atoms with Gasteiger partial charge in [0.25, 0.3) is 0 Å². The van der Waals surface area contributed by atoms with Crippen LogP contribution in [-0.4, -0.2) is 30.7 Å². The van der Waals surface area contributed by atoms with Crippen LogP contribution in [0.4, 0.5) is 0 Å². The predicted molar refractivity (Wildman–Crippen MR) is 176 cm³/mol. The zero-order valence-electron chi connectivity index (χ0n) is 26.6. The highest BCUT2D eigenvalue weighted by Gasteiger charge is 2.34. The molecule has 0 unspecified atom stereocenters. The van der Waals surface area contributed by atoms with E-state index in [1.807, 2.05) is 0 Å². The first-order valence-corrected chi connectivity index (χ1v) is 19.5. The van der Waals surface area contributed by atoms with Gasteiger partial charge in [0.15, 0.2) is 0 Å².